The number of aromatic amines is 1. The lowest BCUT2D eigenvalue weighted by Gasteiger charge is -2.02. The Balaban J connectivity index is 2.40. The number of aryl methyl sites for hydroxylation is 1. The second kappa shape index (κ2) is 7.08. The van der Waals surface area contributed by atoms with Crippen molar-refractivity contribution in [2.75, 3.05) is 12.3 Å². The lowest BCUT2D eigenvalue weighted by Crippen LogP contribution is -2.27. The summed E-state index contributed by atoms with van der Waals surface area (Å²) in [7, 11) is -3.42. The molecular weight excluding hydrogens is 276 g/mol. The molecule has 0 bridgehead atoms. The summed E-state index contributed by atoms with van der Waals surface area (Å²) in [5, 5.41) is 8.28. The van der Waals surface area contributed by atoms with Gasteiger partial charge in [0.05, 0.1) is 11.4 Å². The van der Waals surface area contributed by atoms with E-state index in [2.05, 4.69) is 22.2 Å². The molecule has 18 heavy (non-hydrogen) atoms. The van der Waals surface area contributed by atoms with Gasteiger partial charge in [-0.05, 0) is 6.42 Å². The summed E-state index contributed by atoms with van der Waals surface area (Å²) >= 11 is 5.97. The summed E-state index contributed by atoms with van der Waals surface area (Å²) in [5.41, 5.74) is 0.775. The van der Waals surface area contributed by atoms with Crippen molar-refractivity contribution in [3.8, 4) is 0 Å². The monoisotopic (exact) mass is 294 g/mol. The fourth-order valence-electron chi connectivity index (χ4n) is 1.45. The second-order valence-electron chi connectivity index (χ2n) is 4.10. The Hall–Kier alpha value is -0.630. The molecule has 0 aromatic carbocycles. The molecule has 8 heteroatoms. The summed E-state index contributed by atoms with van der Waals surface area (Å²) in [6, 6.07) is 0. The first-order valence-electron chi connectivity index (χ1n) is 5.87. The van der Waals surface area contributed by atoms with Crippen molar-refractivity contribution in [1.29, 1.82) is 0 Å². The van der Waals surface area contributed by atoms with Crippen LogP contribution >= 0.6 is 11.6 Å². The predicted molar refractivity (Wildman–Crippen MR) is 71.9 cm³/mol. The van der Waals surface area contributed by atoms with E-state index in [1.165, 1.54) is 0 Å². The normalized spacial score (nSPS) is 11.9. The Kier molecular flexibility index (Phi) is 6.07. The van der Waals surface area contributed by atoms with E-state index in [9.17, 15) is 8.42 Å². The number of nitrogens with two attached hydrogens (primary N) is 1. The summed E-state index contributed by atoms with van der Waals surface area (Å²) < 4.78 is 21.4. The quantitative estimate of drug-likeness (QED) is 0.617. The number of hydrogen-bond acceptors (Lipinski definition) is 4. The smallest absolute Gasteiger partial charge is 0.210 e. The van der Waals surface area contributed by atoms with E-state index in [4.69, 9.17) is 16.7 Å². The van der Waals surface area contributed by atoms with Gasteiger partial charge in [-0.15, -0.1) is 0 Å². The van der Waals surface area contributed by atoms with Crippen molar-refractivity contribution >= 4 is 21.6 Å². The van der Waals surface area contributed by atoms with Gasteiger partial charge in [0.15, 0.2) is 5.15 Å². The number of aromatic nitrogens is 2. The van der Waals surface area contributed by atoms with Crippen molar-refractivity contribution < 1.29 is 8.42 Å². The van der Waals surface area contributed by atoms with Gasteiger partial charge in [-0.25, -0.2) is 18.5 Å². The summed E-state index contributed by atoms with van der Waals surface area (Å²) in [5.74, 6) is 0.770. The van der Waals surface area contributed by atoms with Crippen molar-refractivity contribution in [1.82, 2.24) is 15.3 Å². The zero-order chi connectivity index (χ0) is 13.6. The van der Waals surface area contributed by atoms with Crippen molar-refractivity contribution in [2.24, 2.45) is 5.14 Å². The Morgan fingerprint density at radius 2 is 2.22 bits per heavy atom. The molecule has 0 radical (unpaired) electrons. The SMILES string of the molecule is CCCCc1nc(Cl)c(CNCCS(N)(=O)=O)[nH]1. The van der Waals surface area contributed by atoms with Gasteiger partial charge < -0.3 is 10.3 Å². The number of nitrogens with one attached hydrogen (secondary N) is 2. The number of primary sulfonamides is 1. The minimum atomic E-state index is -3.42. The van der Waals surface area contributed by atoms with E-state index in [-0.39, 0.29) is 5.75 Å². The maximum Gasteiger partial charge on any atom is 0.210 e. The summed E-state index contributed by atoms with van der Waals surface area (Å²) in [6.45, 7) is 2.85. The summed E-state index contributed by atoms with van der Waals surface area (Å²) in [6.07, 6.45) is 3.02. The molecule has 0 fully saturated rings. The average Bonchev–Trinajstić information content (AvgIpc) is 2.61. The third kappa shape index (κ3) is 5.81. The van der Waals surface area contributed by atoms with E-state index >= 15 is 0 Å². The zero-order valence-electron chi connectivity index (χ0n) is 10.4. The van der Waals surface area contributed by atoms with Crippen molar-refractivity contribution in [3.63, 3.8) is 0 Å². The highest BCUT2D eigenvalue weighted by atomic mass is 35.5. The third-order valence-corrected chi connectivity index (χ3v) is 3.50. The highest BCUT2D eigenvalue weighted by Gasteiger charge is 2.08. The maximum atomic E-state index is 10.7. The van der Waals surface area contributed by atoms with Crippen molar-refractivity contribution in [3.05, 3.63) is 16.7 Å². The molecular formula is C10H19ClN4O2S. The number of rotatable bonds is 8. The van der Waals surface area contributed by atoms with E-state index in [0.717, 1.165) is 30.8 Å². The molecule has 0 atom stereocenters. The Labute approximate surface area is 112 Å². The van der Waals surface area contributed by atoms with Gasteiger partial charge >= 0.3 is 0 Å². The van der Waals surface area contributed by atoms with Gasteiger partial charge in [0.1, 0.15) is 5.82 Å². The third-order valence-electron chi connectivity index (χ3n) is 2.41. The van der Waals surface area contributed by atoms with Gasteiger partial charge in [-0.3, -0.25) is 0 Å². The second-order valence-corrected chi connectivity index (χ2v) is 6.19. The number of imidazole rings is 1. The fourth-order valence-corrected chi connectivity index (χ4v) is 2.09. The first-order chi connectivity index (χ1) is 8.42. The minimum Gasteiger partial charge on any atom is -0.344 e. The molecule has 0 aliphatic rings. The van der Waals surface area contributed by atoms with E-state index in [1.54, 1.807) is 0 Å². The molecule has 0 saturated carbocycles. The molecule has 1 rings (SSSR count). The number of H-pyrrole nitrogens is 1. The molecule has 6 nitrogen and oxygen atoms in total. The lowest BCUT2D eigenvalue weighted by molar-refractivity contribution is 0.592. The van der Waals surface area contributed by atoms with Gasteiger partial charge in [-0.1, -0.05) is 24.9 Å². The molecule has 0 amide bonds. The van der Waals surface area contributed by atoms with Gasteiger partial charge in [0, 0.05) is 19.5 Å². The van der Waals surface area contributed by atoms with Crippen LogP contribution in [0.15, 0.2) is 0 Å². The van der Waals surface area contributed by atoms with Crippen LogP contribution in [0.3, 0.4) is 0 Å². The van der Waals surface area contributed by atoms with Crippen LogP contribution in [-0.4, -0.2) is 30.7 Å². The molecule has 0 aliphatic carbocycles. The molecule has 0 saturated heterocycles. The number of nitrogens with zero attached hydrogens (tertiary/aromatic N) is 1. The predicted octanol–water partition coefficient (Wildman–Crippen LogP) is 0.784. The highest BCUT2D eigenvalue weighted by Crippen LogP contribution is 2.13. The van der Waals surface area contributed by atoms with Crippen LogP contribution in [0.1, 0.15) is 31.3 Å². The molecule has 0 aliphatic heterocycles. The van der Waals surface area contributed by atoms with Crippen LogP contribution < -0.4 is 10.5 Å². The molecule has 1 aromatic heterocycles. The Morgan fingerprint density at radius 3 is 2.83 bits per heavy atom. The molecule has 104 valence electrons. The van der Waals surface area contributed by atoms with Crippen LogP contribution in [0.25, 0.3) is 0 Å². The number of sulfonamides is 1. The number of unbranched alkanes of at least 4 members (excludes halogenated alkanes) is 1. The molecule has 0 unspecified atom stereocenters. The maximum absolute atomic E-state index is 10.7. The van der Waals surface area contributed by atoms with Crippen LogP contribution in [-0.2, 0) is 23.0 Å². The van der Waals surface area contributed by atoms with E-state index in [1.807, 2.05) is 0 Å². The first kappa shape index (κ1) is 15.4. The van der Waals surface area contributed by atoms with Gasteiger partial charge in [-0.2, -0.15) is 0 Å². The zero-order valence-corrected chi connectivity index (χ0v) is 11.9. The molecule has 4 N–H and O–H groups in total. The molecule has 1 heterocycles. The largest absolute Gasteiger partial charge is 0.344 e. The van der Waals surface area contributed by atoms with Crippen LogP contribution in [0, 0.1) is 0 Å². The average molecular weight is 295 g/mol. The van der Waals surface area contributed by atoms with E-state index < -0.39 is 10.0 Å². The van der Waals surface area contributed by atoms with Gasteiger partial charge in [0.2, 0.25) is 10.0 Å². The topological polar surface area (TPSA) is 101 Å². The van der Waals surface area contributed by atoms with Crippen LogP contribution in [0.4, 0.5) is 0 Å². The van der Waals surface area contributed by atoms with E-state index in [0.29, 0.717) is 18.2 Å². The Morgan fingerprint density at radius 1 is 1.50 bits per heavy atom. The highest BCUT2D eigenvalue weighted by molar-refractivity contribution is 7.89. The first-order valence-corrected chi connectivity index (χ1v) is 7.96. The molecule has 1 aromatic rings. The van der Waals surface area contributed by atoms with Gasteiger partial charge in [0.25, 0.3) is 0 Å². The van der Waals surface area contributed by atoms with Crippen molar-refractivity contribution in [2.45, 2.75) is 32.7 Å². The fraction of sp³-hybridized carbons (Fsp3) is 0.700. The van der Waals surface area contributed by atoms with Crippen LogP contribution in [0.2, 0.25) is 5.15 Å². The van der Waals surface area contributed by atoms with Crippen LogP contribution in [0.5, 0.6) is 0 Å². The standard InChI is InChI=1S/C10H19ClN4O2S/c1-2-3-4-9-14-8(10(11)15-9)7-13-5-6-18(12,16)17/h13H,2-7H2,1H3,(H,14,15)(H2,12,16,17). The number of hydrogen-bond donors (Lipinski definition) is 3. The lowest BCUT2D eigenvalue weighted by atomic mass is 10.2. The minimum absolute atomic E-state index is 0.0958. The molecule has 0 spiro atoms. The summed E-state index contributed by atoms with van der Waals surface area (Å²) in [4.78, 5) is 7.33. The number of halogens is 1. The Bertz CT molecular complexity index is 472.